The van der Waals surface area contributed by atoms with Crippen LogP contribution in [-0.4, -0.2) is 42.2 Å². The minimum Gasteiger partial charge on any atom is -0.384 e. The average molecular weight is 300 g/mol. The number of alkyl halides is 2. The number of hydrogen-bond acceptors (Lipinski definition) is 3. The van der Waals surface area contributed by atoms with Gasteiger partial charge in [-0.15, -0.1) is 0 Å². The molecule has 0 bridgehead atoms. The van der Waals surface area contributed by atoms with E-state index in [1.165, 1.54) is 26.3 Å². The molecule has 3 unspecified atom stereocenters. The first-order valence-corrected chi connectivity index (χ1v) is 7.31. The maximum atomic E-state index is 14.5. The third kappa shape index (κ3) is 3.15. The Balaban J connectivity index is 2.25. The van der Waals surface area contributed by atoms with E-state index in [1.54, 1.807) is 0 Å². The van der Waals surface area contributed by atoms with Gasteiger partial charge in [-0.05, 0) is 31.3 Å². The molecule has 0 spiro atoms. The molecule has 1 saturated carbocycles. The molecule has 6 heteroatoms. The van der Waals surface area contributed by atoms with Crippen molar-refractivity contribution >= 4 is 11.6 Å². The van der Waals surface area contributed by atoms with Crippen LogP contribution in [0.2, 0.25) is 0 Å². The summed E-state index contributed by atoms with van der Waals surface area (Å²) in [5.74, 6) is -4.31. The van der Waals surface area contributed by atoms with Crippen LogP contribution in [0.1, 0.15) is 32.6 Å². The zero-order valence-corrected chi connectivity index (χ0v) is 12.4. The van der Waals surface area contributed by atoms with Crippen LogP contribution in [0.15, 0.2) is 12.3 Å². The Morgan fingerprint density at radius 2 is 2.19 bits per heavy atom. The highest BCUT2D eigenvalue weighted by Gasteiger charge is 2.57. The third-order valence-corrected chi connectivity index (χ3v) is 4.56. The molecule has 0 saturated heterocycles. The van der Waals surface area contributed by atoms with E-state index in [0.29, 0.717) is 18.6 Å². The van der Waals surface area contributed by atoms with Crippen molar-refractivity contribution in [2.75, 3.05) is 13.7 Å². The standard InChI is InChI=1S/C15H22F2N2O2/c1-10-11(9-21-2)8-13(15(10,16)17)19-7-6-12(18)4-3-5-14(19)20/h6-7,10-11,13,18H,3-5,8-9H2,1-2H3. The summed E-state index contributed by atoms with van der Waals surface area (Å²) in [5, 5.41) is 7.66. The number of ether oxygens (including phenoxy) is 1. The molecule has 1 aliphatic heterocycles. The minimum atomic E-state index is -2.94. The summed E-state index contributed by atoms with van der Waals surface area (Å²) < 4.78 is 34.1. The van der Waals surface area contributed by atoms with Crippen LogP contribution in [0, 0.1) is 17.2 Å². The highest BCUT2D eigenvalue weighted by molar-refractivity contribution is 5.93. The van der Waals surface area contributed by atoms with Crippen molar-refractivity contribution < 1.29 is 18.3 Å². The fourth-order valence-electron chi connectivity index (χ4n) is 3.16. The molecule has 2 aliphatic rings. The molecule has 1 N–H and O–H groups in total. The minimum absolute atomic E-state index is 0.211. The molecule has 0 radical (unpaired) electrons. The second-order valence-corrected chi connectivity index (χ2v) is 5.93. The Labute approximate surface area is 123 Å². The molecule has 1 amide bonds. The summed E-state index contributed by atoms with van der Waals surface area (Å²) in [4.78, 5) is 13.3. The zero-order chi connectivity index (χ0) is 15.6. The van der Waals surface area contributed by atoms with Crippen LogP contribution < -0.4 is 0 Å². The predicted octanol–water partition coefficient (Wildman–Crippen LogP) is 2.84. The van der Waals surface area contributed by atoms with E-state index in [1.807, 2.05) is 0 Å². The molecule has 2 rings (SSSR count). The maximum absolute atomic E-state index is 14.5. The second kappa shape index (κ2) is 6.22. The maximum Gasteiger partial charge on any atom is 0.271 e. The lowest BCUT2D eigenvalue weighted by Gasteiger charge is -2.32. The SMILES string of the molecule is COCC1CC(N2C=CC(=N)CCCC2=O)C(F)(F)C1C. The first-order chi connectivity index (χ1) is 9.87. The Morgan fingerprint density at radius 3 is 2.86 bits per heavy atom. The summed E-state index contributed by atoms with van der Waals surface area (Å²) in [5.41, 5.74) is 0.371. The van der Waals surface area contributed by atoms with Gasteiger partial charge in [0.2, 0.25) is 5.91 Å². The van der Waals surface area contributed by atoms with Gasteiger partial charge < -0.3 is 15.0 Å². The largest absolute Gasteiger partial charge is 0.384 e. The molecule has 1 aliphatic carbocycles. The summed E-state index contributed by atoms with van der Waals surface area (Å²) in [6, 6.07) is -1.14. The van der Waals surface area contributed by atoms with Gasteiger partial charge in [0.1, 0.15) is 6.04 Å². The van der Waals surface area contributed by atoms with Gasteiger partial charge in [0.25, 0.3) is 5.92 Å². The van der Waals surface area contributed by atoms with Crippen molar-refractivity contribution in [1.82, 2.24) is 4.90 Å². The quantitative estimate of drug-likeness (QED) is 0.871. The molecule has 21 heavy (non-hydrogen) atoms. The van der Waals surface area contributed by atoms with Crippen molar-refractivity contribution in [3.63, 3.8) is 0 Å². The number of allylic oxidation sites excluding steroid dienone is 1. The molecule has 118 valence electrons. The van der Waals surface area contributed by atoms with Gasteiger partial charge >= 0.3 is 0 Å². The van der Waals surface area contributed by atoms with Crippen molar-refractivity contribution in [3.05, 3.63) is 12.3 Å². The van der Waals surface area contributed by atoms with Gasteiger partial charge in [-0.25, -0.2) is 8.78 Å². The van der Waals surface area contributed by atoms with Crippen molar-refractivity contribution in [1.29, 1.82) is 5.41 Å². The molecule has 4 nitrogen and oxygen atoms in total. The molecular formula is C15H22F2N2O2. The Bertz CT molecular complexity index is 451. The number of nitrogens with zero attached hydrogens (tertiary/aromatic N) is 1. The summed E-state index contributed by atoms with van der Waals surface area (Å²) >= 11 is 0. The van der Waals surface area contributed by atoms with Crippen LogP contribution in [0.25, 0.3) is 0 Å². The van der Waals surface area contributed by atoms with Gasteiger partial charge in [0.15, 0.2) is 0 Å². The number of nitrogens with one attached hydrogen (secondary N) is 1. The molecule has 0 aromatic heterocycles. The number of amides is 1. The van der Waals surface area contributed by atoms with E-state index in [-0.39, 0.29) is 31.3 Å². The van der Waals surface area contributed by atoms with Gasteiger partial charge in [-0.1, -0.05) is 6.92 Å². The number of rotatable bonds is 3. The molecular weight excluding hydrogens is 278 g/mol. The van der Waals surface area contributed by atoms with Gasteiger partial charge in [0.05, 0.1) is 0 Å². The van der Waals surface area contributed by atoms with Gasteiger partial charge in [-0.3, -0.25) is 4.79 Å². The third-order valence-electron chi connectivity index (χ3n) is 4.56. The molecule has 3 atom stereocenters. The Hall–Kier alpha value is -1.30. The van der Waals surface area contributed by atoms with Crippen LogP contribution in [0.3, 0.4) is 0 Å². The summed E-state index contributed by atoms with van der Waals surface area (Å²) in [6.45, 7) is 1.79. The van der Waals surface area contributed by atoms with E-state index >= 15 is 0 Å². The van der Waals surface area contributed by atoms with E-state index in [0.717, 1.165) is 4.90 Å². The fourth-order valence-corrected chi connectivity index (χ4v) is 3.16. The van der Waals surface area contributed by atoms with Crippen LogP contribution in [-0.2, 0) is 9.53 Å². The van der Waals surface area contributed by atoms with E-state index < -0.39 is 17.9 Å². The van der Waals surface area contributed by atoms with E-state index in [2.05, 4.69) is 0 Å². The van der Waals surface area contributed by atoms with Gasteiger partial charge in [-0.2, -0.15) is 0 Å². The lowest BCUT2D eigenvalue weighted by molar-refractivity contribution is -0.140. The highest BCUT2D eigenvalue weighted by Crippen LogP contribution is 2.47. The lowest BCUT2D eigenvalue weighted by Crippen LogP contribution is -2.46. The first kappa shape index (κ1) is 16.1. The number of carbonyl (C=O) groups excluding carboxylic acids is 1. The monoisotopic (exact) mass is 300 g/mol. The lowest BCUT2D eigenvalue weighted by atomic mass is 9.97. The summed E-state index contributed by atoms with van der Waals surface area (Å²) in [6.07, 6.45) is 4.31. The van der Waals surface area contributed by atoms with E-state index in [4.69, 9.17) is 10.1 Å². The first-order valence-electron chi connectivity index (χ1n) is 7.31. The normalized spacial score (nSPS) is 33.1. The van der Waals surface area contributed by atoms with Crippen molar-refractivity contribution in [2.24, 2.45) is 11.8 Å². The van der Waals surface area contributed by atoms with Crippen molar-refractivity contribution in [2.45, 2.75) is 44.6 Å². The molecule has 1 fully saturated rings. The van der Waals surface area contributed by atoms with Gasteiger partial charge in [0, 0.05) is 38.0 Å². The van der Waals surface area contributed by atoms with Crippen LogP contribution in [0.5, 0.6) is 0 Å². The molecule has 0 aromatic carbocycles. The average Bonchev–Trinajstić information content (AvgIpc) is 2.62. The number of carbonyl (C=O) groups is 1. The topological polar surface area (TPSA) is 53.4 Å². The van der Waals surface area contributed by atoms with E-state index in [9.17, 15) is 13.6 Å². The molecule has 0 aromatic rings. The van der Waals surface area contributed by atoms with Crippen LogP contribution >= 0.6 is 0 Å². The highest BCUT2D eigenvalue weighted by atomic mass is 19.3. The zero-order valence-electron chi connectivity index (χ0n) is 12.4. The number of halogens is 2. The molecule has 1 heterocycles. The number of hydrogen-bond donors (Lipinski definition) is 1. The Kier molecular flexibility index (Phi) is 4.76. The Morgan fingerprint density at radius 1 is 1.48 bits per heavy atom. The summed E-state index contributed by atoms with van der Waals surface area (Å²) in [7, 11) is 1.50. The fraction of sp³-hybridized carbons (Fsp3) is 0.733. The second-order valence-electron chi connectivity index (χ2n) is 5.93. The van der Waals surface area contributed by atoms with Crippen LogP contribution in [0.4, 0.5) is 8.78 Å². The smallest absolute Gasteiger partial charge is 0.271 e. The number of methoxy groups -OCH3 is 1. The predicted molar refractivity (Wildman–Crippen MR) is 75.4 cm³/mol. The van der Waals surface area contributed by atoms with Crippen molar-refractivity contribution in [3.8, 4) is 0 Å².